The third-order valence-corrected chi connectivity index (χ3v) is 7.58. The molecular formula is C29H33N7O. The number of H-pyrrole nitrogens is 1. The first-order chi connectivity index (χ1) is 18.2. The molecule has 8 heteroatoms. The van der Waals surface area contributed by atoms with Gasteiger partial charge in [-0.2, -0.15) is 10.2 Å². The average molecular weight is 496 g/mol. The van der Waals surface area contributed by atoms with Gasteiger partial charge in [-0.15, -0.1) is 0 Å². The molecule has 2 aliphatic rings. The fourth-order valence-electron chi connectivity index (χ4n) is 5.60. The molecule has 4 aromatic rings. The van der Waals surface area contributed by atoms with Gasteiger partial charge in [0.15, 0.2) is 5.69 Å². The quantitative estimate of drug-likeness (QED) is 0.440. The number of nitrogens with zero attached hydrogens (tertiary/aromatic N) is 6. The van der Waals surface area contributed by atoms with E-state index in [1.165, 1.54) is 16.9 Å². The van der Waals surface area contributed by atoms with Gasteiger partial charge in [-0.05, 0) is 24.6 Å². The largest absolute Gasteiger partial charge is 0.368 e. The number of benzene rings is 2. The number of carbonyl (C=O) groups excluding carboxylic acids is 1. The number of para-hydroxylation sites is 1. The van der Waals surface area contributed by atoms with Gasteiger partial charge in [0.25, 0.3) is 5.91 Å². The second-order valence-electron chi connectivity index (χ2n) is 9.80. The van der Waals surface area contributed by atoms with Crippen molar-refractivity contribution in [2.24, 2.45) is 0 Å². The summed E-state index contributed by atoms with van der Waals surface area (Å²) < 4.78 is 2.04. The van der Waals surface area contributed by atoms with Gasteiger partial charge in [0.05, 0.1) is 11.9 Å². The molecule has 6 rings (SSSR count). The van der Waals surface area contributed by atoms with Gasteiger partial charge in [-0.25, -0.2) is 0 Å². The number of rotatable bonds is 6. The highest BCUT2D eigenvalue weighted by Gasteiger charge is 2.32. The zero-order valence-electron chi connectivity index (χ0n) is 21.3. The number of hydrogen-bond acceptors (Lipinski definition) is 5. The van der Waals surface area contributed by atoms with E-state index in [-0.39, 0.29) is 5.91 Å². The topological polar surface area (TPSA) is 73.3 Å². The summed E-state index contributed by atoms with van der Waals surface area (Å²) >= 11 is 0. The molecule has 0 spiro atoms. The van der Waals surface area contributed by atoms with Crippen molar-refractivity contribution in [3.8, 4) is 11.3 Å². The average Bonchev–Trinajstić information content (AvgIpc) is 3.58. The highest BCUT2D eigenvalue weighted by molar-refractivity contribution is 5.94. The summed E-state index contributed by atoms with van der Waals surface area (Å²) in [4.78, 5) is 20.4. The van der Waals surface area contributed by atoms with Gasteiger partial charge in [0.2, 0.25) is 0 Å². The van der Waals surface area contributed by atoms with Crippen LogP contribution >= 0.6 is 0 Å². The summed E-state index contributed by atoms with van der Waals surface area (Å²) in [5.41, 5.74) is 7.51. The number of anilines is 1. The monoisotopic (exact) mass is 495 g/mol. The van der Waals surface area contributed by atoms with E-state index in [0.717, 1.165) is 62.5 Å². The van der Waals surface area contributed by atoms with Crippen LogP contribution in [-0.4, -0.2) is 68.4 Å². The summed E-state index contributed by atoms with van der Waals surface area (Å²) in [5, 5.41) is 12.3. The molecule has 4 heterocycles. The van der Waals surface area contributed by atoms with Crippen molar-refractivity contribution in [2.75, 3.05) is 37.6 Å². The Kier molecular flexibility index (Phi) is 6.49. The van der Waals surface area contributed by atoms with Crippen molar-refractivity contribution in [1.82, 2.24) is 29.8 Å². The Morgan fingerprint density at radius 3 is 2.41 bits per heavy atom. The molecular weight excluding hydrogens is 462 g/mol. The molecule has 0 saturated carbocycles. The third kappa shape index (κ3) is 4.64. The van der Waals surface area contributed by atoms with Crippen LogP contribution in [0, 0.1) is 0 Å². The fraction of sp³-hybridized carbons (Fsp3) is 0.345. The lowest BCUT2D eigenvalue weighted by atomic mass is 10.0. The van der Waals surface area contributed by atoms with E-state index in [1.54, 1.807) is 0 Å². The van der Waals surface area contributed by atoms with Crippen LogP contribution in [0.1, 0.15) is 34.2 Å². The SMILES string of the molecule is CCn1nc(C(=O)N2CCN(c3ccccc3)CC2)c2c1CCN(Cc1cn[nH]c1-c1ccccc1)C2. The number of hydrogen-bond donors (Lipinski definition) is 1. The normalized spacial score (nSPS) is 16.1. The Morgan fingerprint density at radius 1 is 0.946 bits per heavy atom. The molecule has 2 aliphatic heterocycles. The lowest BCUT2D eigenvalue weighted by Gasteiger charge is -2.36. The van der Waals surface area contributed by atoms with E-state index >= 15 is 0 Å². The second-order valence-corrected chi connectivity index (χ2v) is 9.80. The predicted molar refractivity (Wildman–Crippen MR) is 144 cm³/mol. The summed E-state index contributed by atoms with van der Waals surface area (Å²) in [5.74, 6) is 0.0614. The summed E-state index contributed by atoms with van der Waals surface area (Å²) in [6.45, 7) is 8.40. The van der Waals surface area contributed by atoms with Crippen molar-refractivity contribution in [1.29, 1.82) is 0 Å². The van der Waals surface area contributed by atoms with E-state index in [1.807, 2.05) is 40.0 Å². The second kappa shape index (κ2) is 10.2. The van der Waals surface area contributed by atoms with Gasteiger partial charge < -0.3 is 9.80 Å². The maximum atomic E-state index is 13.7. The summed E-state index contributed by atoms with van der Waals surface area (Å²) in [7, 11) is 0. The fourth-order valence-corrected chi connectivity index (χ4v) is 5.60. The van der Waals surface area contributed by atoms with Gasteiger partial charge in [-0.3, -0.25) is 19.5 Å². The minimum atomic E-state index is 0.0614. The predicted octanol–water partition coefficient (Wildman–Crippen LogP) is 3.81. The number of amides is 1. The molecule has 2 aromatic carbocycles. The molecule has 0 atom stereocenters. The molecule has 1 amide bonds. The molecule has 37 heavy (non-hydrogen) atoms. The standard InChI is InChI=1S/C29H33N7O/c1-2-36-26-13-14-33(20-23-19-30-31-27(23)22-9-5-3-6-10-22)21-25(26)28(32-36)29(37)35-17-15-34(16-18-35)24-11-7-4-8-12-24/h3-12,19H,2,13-18,20-21H2,1H3,(H,30,31). The zero-order valence-corrected chi connectivity index (χ0v) is 21.3. The number of aryl methyl sites for hydroxylation is 1. The van der Waals surface area contributed by atoms with Crippen molar-refractivity contribution < 1.29 is 4.79 Å². The first-order valence-corrected chi connectivity index (χ1v) is 13.2. The Morgan fingerprint density at radius 2 is 1.68 bits per heavy atom. The van der Waals surface area contributed by atoms with E-state index < -0.39 is 0 Å². The lowest BCUT2D eigenvalue weighted by Crippen LogP contribution is -2.49. The Labute approximate surface area is 217 Å². The minimum Gasteiger partial charge on any atom is -0.368 e. The molecule has 0 unspecified atom stereocenters. The van der Waals surface area contributed by atoms with Crippen LogP contribution in [0.5, 0.6) is 0 Å². The molecule has 8 nitrogen and oxygen atoms in total. The number of aromatic amines is 1. The molecule has 2 aromatic heterocycles. The zero-order chi connectivity index (χ0) is 25.2. The van der Waals surface area contributed by atoms with Gasteiger partial charge >= 0.3 is 0 Å². The summed E-state index contributed by atoms with van der Waals surface area (Å²) in [6, 6.07) is 20.8. The van der Waals surface area contributed by atoms with Crippen molar-refractivity contribution in [2.45, 2.75) is 33.0 Å². The number of aromatic nitrogens is 4. The molecule has 190 valence electrons. The highest BCUT2D eigenvalue weighted by Crippen LogP contribution is 2.28. The smallest absolute Gasteiger partial charge is 0.274 e. The number of piperazine rings is 1. The lowest BCUT2D eigenvalue weighted by molar-refractivity contribution is 0.0737. The summed E-state index contributed by atoms with van der Waals surface area (Å²) in [6.07, 6.45) is 2.81. The highest BCUT2D eigenvalue weighted by atomic mass is 16.2. The molecule has 1 N–H and O–H groups in total. The van der Waals surface area contributed by atoms with Crippen LogP contribution < -0.4 is 4.90 Å². The maximum absolute atomic E-state index is 13.7. The minimum absolute atomic E-state index is 0.0614. The van der Waals surface area contributed by atoms with Gasteiger partial charge in [-0.1, -0.05) is 48.5 Å². The van der Waals surface area contributed by atoms with Crippen molar-refractivity contribution in [3.63, 3.8) is 0 Å². The third-order valence-electron chi connectivity index (χ3n) is 7.58. The van der Waals surface area contributed by atoms with Crippen LogP contribution in [0.2, 0.25) is 0 Å². The number of fused-ring (bicyclic) bond motifs is 1. The first kappa shape index (κ1) is 23.5. The molecule has 0 bridgehead atoms. The van der Waals surface area contributed by atoms with Crippen LogP contribution in [0.4, 0.5) is 5.69 Å². The van der Waals surface area contributed by atoms with Crippen molar-refractivity contribution >= 4 is 11.6 Å². The van der Waals surface area contributed by atoms with Crippen LogP contribution in [0.15, 0.2) is 66.9 Å². The van der Waals surface area contributed by atoms with Crippen LogP contribution in [0.25, 0.3) is 11.3 Å². The molecule has 1 fully saturated rings. The first-order valence-electron chi connectivity index (χ1n) is 13.2. The maximum Gasteiger partial charge on any atom is 0.274 e. The van der Waals surface area contributed by atoms with Gasteiger partial charge in [0.1, 0.15) is 0 Å². The molecule has 0 radical (unpaired) electrons. The van der Waals surface area contributed by atoms with E-state index in [9.17, 15) is 4.79 Å². The van der Waals surface area contributed by atoms with Gasteiger partial charge in [0, 0.05) is 81.3 Å². The van der Waals surface area contributed by atoms with Crippen molar-refractivity contribution in [3.05, 3.63) is 89.4 Å². The number of nitrogens with one attached hydrogen (secondary N) is 1. The van der Waals surface area contributed by atoms with E-state index in [0.29, 0.717) is 18.8 Å². The molecule has 1 saturated heterocycles. The number of carbonyl (C=O) groups is 1. The van der Waals surface area contributed by atoms with E-state index in [2.05, 4.69) is 63.3 Å². The Hall–Kier alpha value is -3.91. The molecule has 0 aliphatic carbocycles. The Balaban J connectivity index is 1.18. The van der Waals surface area contributed by atoms with Crippen LogP contribution in [0.3, 0.4) is 0 Å². The van der Waals surface area contributed by atoms with E-state index in [4.69, 9.17) is 5.10 Å². The Bertz CT molecular complexity index is 1350. The van der Waals surface area contributed by atoms with Crippen LogP contribution in [-0.2, 0) is 26.1 Å².